The zero-order valence-corrected chi connectivity index (χ0v) is 18.2. The Labute approximate surface area is 159 Å². The molecule has 0 bridgehead atoms. The fourth-order valence-corrected chi connectivity index (χ4v) is 4.69. The quantitative estimate of drug-likeness (QED) is 0.675. The summed E-state index contributed by atoms with van der Waals surface area (Å²) in [5, 5.41) is 0. The van der Waals surface area contributed by atoms with E-state index in [1.54, 1.807) is 0 Å². The second-order valence-electron chi connectivity index (χ2n) is 8.37. The molecule has 0 unspecified atom stereocenters. The van der Waals surface area contributed by atoms with Crippen LogP contribution in [-0.4, -0.2) is 27.3 Å². The molecule has 0 N–H and O–H groups in total. The van der Waals surface area contributed by atoms with Gasteiger partial charge in [-0.3, -0.25) is 4.66 Å². The van der Waals surface area contributed by atoms with Crippen molar-refractivity contribution < 1.29 is 0 Å². The molecule has 0 aromatic heterocycles. The van der Waals surface area contributed by atoms with E-state index >= 15 is 0 Å². The van der Waals surface area contributed by atoms with Crippen LogP contribution < -0.4 is 9.80 Å². The molecule has 1 saturated heterocycles. The van der Waals surface area contributed by atoms with Gasteiger partial charge < -0.3 is 9.80 Å². The van der Waals surface area contributed by atoms with Gasteiger partial charge in [-0.25, -0.2) is 0 Å². The Morgan fingerprint density at radius 3 is 1.35 bits per heavy atom. The van der Waals surface area contributed by atoms with Crippen LogP contribution in [0, 0.1) is 27.7 Å². The first-order chi connectivity index (χ1) is 12.2. The van der Waals surface area contributed by atoms with Gasteiger partial charge in [0.25, 0.3) is 0 Å². The normalized spacial score (nSPS) is 15.0. The van der Waals surface area contributed by atoms with E-state index in [1.165, 1.54) is 33.6 Å². The number of hydrogen-bond donors (Lipinski definition) is 0. The Morgan fingerprint density at radius 2 is 1.04 bits per heavy atom. The average molecular weight is 366 g/mol. The molecule has 3 rings (SSSR count). The molecular formula is C22H31N3Si. The van der Waals surface area contributed by atoms with E-state index in [1.807, 2.05) is 0 Å². The van der Waals surface area contributed by atoms with Crippen molar-refractivity contribution in [2.75, 3.05) is 22.9 Å². The monoisotopic (exact) mass is 365 g/mol. The lowest BCUT2D eigenvalue weighted by Crippen LogP contribution is -2.38. The maximum atomic E-state index is 5.30. The molecule has 0 aliphatic carbocycles. The van der Waals surface area contributed by atoms with Gasteiger partial charge in [-0.15, -0.1) is 0 Å². The third-order valence-electron chi connectivity index (χ3n) is 4.88. The molecule has 26 heavy (non-hydrogen) atoms. The highest BCUT2D eigenvalue weighted by Gasteiger charge is 2.33. The van der Waals surface area contributed by atoms with E-state index in [0.717, 1.165) is 19.0 Å². The molecule has 4 heteroatoms. The van der Waals surface area contributed by atoms with E-state index in [9.17, 15) is 0 Å². The Hall–Kier alpha value is -2.07. The molecule has 1 fully saturated rings. The lowest BCUT2D eigenvalue weighted by atomic mass is 10.1. The van der Waals surface area contributed by atoms with Crippen LogP contribution in [0.2, 0.25) is 19.6 Å². The standard InChI is InChI=1S/C22H31N3Si/c1-16-10-8-11-17(2)20(16)24-14-15-25(22(24)23-26(5,6)7)21-18(3)12-9-13-19(21)4/h8-13H,14-15H2,1-7H3. The van der Waals surface area contributed by atoms with E-state index in [0.29, 0.717) is 0 Å². The van der Waals surface area contributed by atoms with Crippen LogP contribution in [0.1, 0.15) is 22.3 Å². The van der Waals surface area contributed by atoms with Crippen LogP contribution in [0.25, 0.3) is 0 Å². The summed E-state index contributed by atoms with van der Waals surface area (Å²) >= 11 is 0. The molecule has 1 aliphatic heterocycles. The molecule has 138 valence electrons. The largest absolute Gasteiger partial charge is 0.311 e. The summed E-state index contributed by atoms with van der Waals surface area (Å²) in [5.74, 6) is 1.12. The SMILES string of the molecule is Cc1cccc(C)c1N1CCN(c2c(C)cccc2C)C1=N[Si](C)(C)C. The summed E-state index contributed by atoms with van der Waals surface area (Å²) in [6, 6.07) is 13.1. The molecule has 2 aromatic rings. The van der Waals surface area contributed by atoms with Gasteiger partial charge >= 0.3 is 0 Å². The van der Waals surface area contributed by atoms with Crippen LogP contribution >= 0.6 is 0 Å². The number of para-hydroxylation sites is 2. The zero-order valence-electron chi connectivity index (χ0n) is 17.2. The van der Waals surface area contributed by atoms with E-state index in [-0.39, 0.29) is 0 Å². The van der Waals surface area contributed by atoms with Gasteiger partial charge in [0.05, 0.1) is 0 Å². The van der Waals surface area contributed by atoms with Gasteiger partial charge in [0, 0.05) is 24.5 Å². The van der Waals surface area contributed by atoms with Gasteiger partial charge in [0.1, 0.15) is 0 Å². The first-order valence-electron chi connectivity index (χ1n) is 9.46. The second-order valence-corrected chi connectivity index (χ2v) is 12.9. The first kappa shape index (κ1) is 18.7. The van der Waals surface area contributed by atoms with Gasteiger partial charge in [0.15, 0.2) is 14.2 Å². The van der Waals surface area contributed by atoms with Gasteiger partial charge in [-0.05, 0) is 69.6 Å². The van der Waals surface area contributed by atoms with Crippen LogP contribution in [0.5, 0.6) is 0 Å². The third kappa shape index (κ3) is 3.56. The Morgan fingerprint density at radius 1 is 0.692 bits per heavy atom. The summed E-state index contributed by atoms with van der Waals surface area (Å²) in [7, 11) is -1.64. The van der Waals surface area contributed by atoms with Crippen LogP contribution in [0.3, 0.4) is 0 Å². The highest BCUT2D eigenvalue weighted by molar-refractivity contribution is 6.75. The minimum atomic E-state index is -1.64. The summed E-state index contributed by atoms with van der Waals surface area (Å²) < 4.78 is 5.30. The van der Waals surface area contributed by atoms with Crippen molar-refractivity contribution in [2.45, 2.75) is 47.3 Å². The number of benzene rings is 2. The number of aryl methyl sites for hydroxylation is 4. The molecule has 1 heterocycles. The molecule has 0 spiro atoms. The van der Waals surface area contributed by atoms with Gasteiger partial charge in [-0.2, -0.15) is 0 Å². The molecule has 0 amide bonds. The van der Waals surface area contributed by atoms with E-state index in [2.05, 4.69) is 93.5 Å². The lowest BCUT2D eigenvalue weighted by Gasteiger charge is -2.30. The highest BCUT2D eigenvalue weighted by atomic mass is 28.3. The van der Waals surface area contributed by atoms with E-state index in [4.69, 9.17) is 4.66 Å². The maximum absolute atomic E-state index is 5.30. The summed E-state index contributed by atoms with van der Waals surface area (Å²) in [4.78, 5) is 4.88. The number of guanidine groups is 1. The second kappa shape index (κ2) is 6.91. The molecule has 3 nitrogen and oxygen atoms in total. The molecular weight excluding hydrogens is 334 g/mol. The number of anilines is 2. The Kier molecular flexibility index (Phi) is 4.98. The predicted octanol–water partition coefficient (Wildman–Crippen LogP) is 5.44. The number of hydrogen-bond acceptors (Lipinski definition) is 1. The first-order valence-corrected chi connectivity index (χ1v) is 12.9. The van der Waals surface area contributed by atoms with Crippen LogP contribution in [0.4, 0.5) is 11.4 Å². The number of rotatable bonds is 3. The van der Waals surface area contributed by atoms with Gasteiger partial charge in [-0.1, -0.05) is 36.4 Å². The zero-order chi connectivity index (χ0) is 19.1. The van der Waals surface area contributed by atoms with Crippen molar-refractivity contribution >= 4 is 25.6 Å². The molecule has 0 radical (unpaired) electrons. The topological polar surface area (TPSA) is 18.8 Å². The third-order valence-corrected chi connectivity index (χ3v) is 5.76. The van der Waals surface area contributed by atoms with Crippen molar-refractivity contribution in [3.63, 3.8) is 0 Å². The number of nitrogens with zero attached hydrogens (tertiary/aromatic N) is 3. The average Bonchev–Trinajstić information content (AvgIpc) is 2.89. The van der Waals surface area contributed by atoms with Crippen molar-refractivity contribution in [1.82, 2.24) is 0 Å². The Balaban J connectivity index is 2.16. The van der Waals surface area contributed by atoms with Gasteiger partial charge in [0.2, 0.25) is 0 Å². The Bertz CT molecular complexity index is 747. The minimum absolute atomic E-state index is 0.975. The highest BCUT2D eigenvalue weighted by Crippen LogP contribution is 2.33. The molecule has 0 atom stereocenters. The molecule has 0 saturated carbocycles. The molecule has 2 aromatic carbocycles. The smallest absolute Gasteiger partial charge is 0.196 e. The fraction of sp³-hybridized carbons (Fsp3) is 0.409. The van der Waals surface area contributed by atoms with Crippen LogP contribution in [-0.2, 0) is 0 Å². The van der Waals surface area contributed by atoms with E-state index < -0.39 is 8.24 Å². The molecule has 1 aliphatic rings. The summed E-state index contributed by atoms with van der Waals surface area (Å²) in [6.45, 7) is 17.7. The fourth-order valence-electron chi connectivity index (χ4n) is 3.85. The predicted molar refractivity (Wildman–Crippen MR) is 117 cm³/mol. The summed E-state index contributed by atoms with van der Waals surface area (Å²) in [6.07, 6.45) is 0. The minimum Gasteiger partial charge on any atom is -0.311 e. The van der Waals surface area contributed by atoms with Crippen LogP contribution in [0.15, 0.2) is 41.1 Å². The lowest BCUT2D eigenvalue weighted by molar-refractivity contribution is 1.01. The van der Waals surface area contributed by atoms with Crippen molar-refractivity contribution in [3.05, 3.63) is 58.7 Å². The van der Waals surface area contributed by atoms with Crippen molar-refractivity contribution in [1.29, 1.82) is 0 Å². The van der Waals surface area contributed by atoms with Crippen molar-refractivity contribution in [2.24, 2.45) is 4.66 Å². The summed E-state index contributed by atoms with van der Waals surface area (Å²) in [5.41, 5.74) is 7.90. The van der Waals surface area contributed by atoms with Crippen molar-refractivity contribution in [3.8, 4) is 0 Å². The maximum Gasteiger partial charge on any atom is 0.196 e.